The van der Waals surface area contributed by atoms with Crippen molar-refractivity contribution in [2.75, 3.05) is 5.32 Å². The van der Waals surface area contributed by atoms with Crippen LogP contribution in [0.4, 0.5) is 11.5 Å². The van der Waals surface area contributed by atoms with Gasteiger partial charge >= 0.3 is 5.69 Å². The second-order valence-corrected chi connectivity index (χ2v) is 3.57. The first-order chi connectivity index (χ1) is 8.47. The van der Waals surface area contributed by atoms with Crippen molar-refractivity contribution >= 4 is 17.4 Å². The van der Waals surface area contributed by atoms with Gasteiger partial charge in [0.05, 0.1) is 4.92 Å². The number of carbonyl (C=O) groups is 1. The van der Waals surface area contributed by atoms with Crippen molar-refractivity contribution in [3.05, 3.63) is 33.8 Å². The lowest BCUT2D eigenvalue weighted by atomic mass is 10.3. The second kappa shape index (κ2) is 4.28. The molecule has 0 aliphatic carbocycles. The first-order valence-electron chi connectivity index (χ1n) is 4.90. The average molecular weight is 251 g/mol. The van der Waals surface area contributed by atoms with Crippen LogP contribution in [0.1, 0.15) is 16.2 Å². The number of rotatable bonds is 3. The molecular formula is C9H9N5O4. The summed E-state index contributed by atoms with van der Waals surface area (Å²) in [6.07, 6.45) is 1.16. The van der Waals surface area contributed by atoms with Crippen molar-refractivity contribution in [2.45, 2.75) is 6.92 Å². The molecule has 1 N–H and O–H groups in total. The molecule has 0 atom stereocenters. The molecule has 0 fully saturated rings. The minimum Gasteiger partial charge on any atom is -0.360 e. The molecule has 2 rings (SSSR count). The summed E-state index contributed by atoms with van der Waals surface area (Å²) in [6.45, 7) is 1.66. The molecule has 2 aromatic rings. The molecule has 2 aromatic heterocycles. The fraction of sp³-hybridized carbons (Fsp3) is 0.222. The third-order valence-electron chi connectivity index (χ3n) is 2.09. The number of hydrogen-bond acceptors (Lipinski definition) is 6. The number of nitrogens with one attached hydrogen (secondary N) is 1. The number of nitro groups is 1. The SMILES string of the molecule is Cc1cc(NC(=O)c2nn(C)cc2[N+](=O)[O-])no1. The Morgan fingerprint density at radius 2 is 2.33 bits per heavy atom. The van der Waals surface area contributed by atoms with Crippen LogP contribution < -0.4 is 5.32 Å². The lowest BCUT2D eigenvalue weighted by molar-refractivity contribution is -0.385. The Kier molecular flexibility index (Phi) is 2.80. The highest BCUT2D eigenvalue weighted by Crippen LogP contribution is 2.17. The molecule has 1 amide bonds. The van der Waals surface area contributed by atoms with Gasteiger partial charge in [-0.1, -0.05) is 5.16 Å². The van der Waals surface area contributed by atoms with E-state index in [-0.39, 0.29) is 17.2 Å². The van der Waals surface area contributed by atoms with Crippen LogP contribution in [0.3, 0.4) is 0 Å². The van der Waals surface area contributed by atoms with Gasteiger partial charge in [-0.25, -0.2) is 0 Å². The molecule has 9 heteroatoms. The molecule has 0 aromatic carbocycles. The maximum Gasteiger partial charge on any atom is 0.320 e. The highest BCUT2D eigenvalue weighted by molar-refractivity contribution is 6.04. The largest absolute Gasteiger partial charge is 0.360 e. The molecule has 0 saturated carbocycles. The lowest BCUT2D eigenvalue weighted by Gasteiger charge is -1.96. The molecular weight excluding hydrogens is 242 g/mol. The first-order valence-corrected chi connectivity index (χ1v) is 4.90. The van der Waals surface area contributed by atoms with Crippen molar-refractivity contribution in [1.29, 1.82) is 0 Å². The van der Waals surface area contributed by atoms with Crippen LogP contribution in [0.25, 0.3) is 0 Å². The van der Waals surface area contributed by atoms with E-state index in [1.54, 1.807) is 6.92 Å². The molecule has 0 radical (unpaired) electrons. The van der Waals surface area contributed by atoms with Gasteiger partial charge in [-0.3, -0.25) is 19.6 Å². The first kappa shape index (κ1) is 11.8. The Labute approximate surface area is 101 Å². The number of nitrogens with zero attached hydrogens (tertiary/aromatic N) is 4. The molecule has 0 aliphatic heterocycles. The third-order valence-corrected chi connectivity index (χ3v) is 2.09. The van der Waals surface area contributed by atoms with E-state index in [2.05, 4.69) is 15.6 Å². The zero-order valence-electron chi connectivity index (χ0n) is 9.58. The minimum absolute atomic E-state index is 0.178. The third kappa shape index (κ3) is 2.19. The predicted molar refractivity (Wildman–Crippen MR) is 59.1 cm³/mol. The zero-order chi connectivity index (χ0) is 13.3. The van der Waals surface area contributed by atoms with Gasteiger partial charge in [0.25, 0.3) is 5.91 Å². The highest BCUT2D eigenvalue weighted by atomic mass is 16.6. The van der Waals surface area contributed by atoms with Crippen LogP contribution in [-0.4, -0.2) is 25.8 Å². The fourth-order valence-corrected chi connectivity index (χ4v) is 1.37. The molecule has 18 heavy (non-hydrogen) atoms. The van der Waals surface area contributed by atoms with E-state index >= 15 is 0 Å². The summed E-state index contributed by atoms with van der Waals surface area (Å²) >= 11 is 0. The van der Waals surface area contributed by atoms with Gasteiger partial charge in [-0.2, -0.15) is 5.10 Å². The number of carbonyl (C=O) groups excluding carboxylic acids is 1. The summed E-state index contributed by atoms with van der Waals surface area (Å²) < 4.78 is 5.96. The molecule has 0 saturated heterocycles. The normalized spacial score (nSPS) is 10.3. The van der Waals surface area contributed by atoms with E-state index in [0.717, 1.165) is 6.20 Å². The van der Waals surface area contributed by atoms with E-state index < -0.39 is 10.8 Å². The molecule has 0 unspecified atom stereocenters. The molecule has 0 bridgehead atoms. The van der Waals surface area contributed by atoms with Crippen LogP contribution in [0.5, 0.6) is 0 Å². The maximum atomic E-state index is 11.8. The number of amides is 1. The van der Waals surface area contributed by atoms with Gasteiger partial charge in [0, 0.05) is 13.1 Å². The summed E-state index contributed by atoms with van der Waals surface area (Å²) in [5.74, 6) is -0.0196. The Balaban J connectivity index is 2.26. The molecule has 9 nitrogen and oxygen atoms in total. The van der Waals surface area contributed by atoms with Crippen molar-refractivity contribution in [3.63, 3.8) is 0 Å². The van der Waals surface area contributed by atoms with Crippen LogP contribution in [0.2, 0.25) is 0 Å². The summed E-state index contributed by atoms with van der Waals surface area (Å²) in [4.78, 5) is 21.9. The molecule has 0 aliphatic rings. The maximum absolute atomic E-state index is 11.8. The monoisotopic (exact) mass is 251 g/mol. The van der Waals surface area contributed by atoms with Crippen molar-refractivity contribution in [1.82, 2.24) is 14.9 Å². The number of aromatic nitrogens is 3. The van der Waals surface area contributed by atoms with Gasteiger partial charge in [-0.15, -0.1) is 0 Å². The zero-order valence-corrected chi connectivity index (χ0v) is 9.58. The van der Waals surface area contributed by atoms with Gasteiger partial charge in [0.15, 0.2) is 5.82 Å². The lowest BCUT2D eigenvalue weighted by Crippen LogP contribution is -2.14. The number of hydrogen-bond donors (Lipinski definition) is 1. The summed E-state index contributed by atoms with van der Waals surface area (Å²) in [5, 5.41) is 20.4. The van der Waals surface area contributed by atoms with Gasteiger partial charge in [0.1, 0.15) is 12.0 Å². The summed E-state index contributed by atoms with van der Waals surface area (Å²) in [5.41, 5.74) is -0.640. The number of aryl methyl sites for hydroxylation is 2. The quantitative estimate of drug-likeness (QED) is 0.639. The topological polar surface area (TPSA) is 116 Å². The van der Waals surface area contributed by atoms with Gasteiger partial charge < -0.3 is 9.84 Å². The van der Waals surface area contributed by atoms with Crippen molar-refractivity contribution in [3.8, 4) is 0 Å². The Bertz CT molecular complexity index is 614. The van der Waals surface area contributed by atoms with Crippen LogP contribution in [-0.2, 0) is 7.05 Å². The smallest absolute Gasteiger partial charge is 0.320 e. The van der Waals surface area contributed by atoms with Gasteiger partial charge in [-0.05, 0) is 6.92 Å². The summed E-state index contributed by atoms with van der Waals surface area (Å²) in [6, 6.07) is 1.49. The van der Waals surface area contributed by atoms with Crippen molar-refractivity contribution < 1.29 is 14.2 Å². The fourth-order valence-electron chi connectivity index (χ4n) is 1.37. The van der Waals surface area contributed by atoms with E-state index in [9.17, 15) is 14.9 Å². The van der Waals surface area contributed by atoms with Crippen molar-refractivity contribution in [2.24, 2.45) is 7.05 Å². The molecule has 0 spiro atoms. The van der Waals surface area contributed by atoms with Crippen LogP contribution >= 0.6 is 0 Å². The standard InChI is InChI=1S/C9H9N5O4/c1-5-3-7(12-18-5)10-9(15)8-6(14(16)17)4-13(2)11-8/h3-4H,1-2H3,(H,10,12,15). The Morgan fingerprint density at radius 3 is 2.89 bits per heavy atom. The molecule has 94 valence electrons. The average Bonchev–Trinajstić information content (AvgIpc) is 2.85. The minimum atomic E-state index is -0.712. The van der Waals surface area contributed by atoms with Crippen LogP contribution in [0.15, 0.2) is 16.8 Å². The summed E-state index contributed by atoms with van der Waals surface area (Å²) in [7, 11) is 1.49. The Morgan fingerprint density at radius 1 is 1.61 bits per heavy atom. The van der Waals surface area contributed by atoms with Gasteiger partial charge in [0.2, 0.25) is 5.69 Å². The van der Waals surface area contributed by atoms with E-state index in [0.29, 0.717) is 5.76 Å². The van der Waals surface area contributed by atoms with Crippen LogP contribution in [0, 0.1) is 17.0 Å². The molecule has 2 heterocycles. The highest BCUT2D eigenvalue weighted by Gasteiger charge is 2.25. The second-order valence-electron chi connectivity index (χ2n) is 3.57. The van der Waals surface area contributed by atoms with E-state index in [1.807, 2.05) is 0 Å². The number of anilines is 1. The van der Waals surface area contributed by atoms with E-state index in [4.69, 9.17) is 4.52 Å². The van der Waals surface area contributed by atoms with E-state index in [1.165, 1.54) is 17.8 Å². The predicted octanol–water partition coefficient (Wildman–Crippen LogP) is 0.877. The Hall–Kier alpha value is -2.71.